The molecule has 0 radical (unpaired) electrons. The van der Waals surface area contributed by atoms with Gasteiger partial charge in [0.25, 0.3) is 0 Å². The van der Waals surface area contributed by atoms with Gasteiger partial charge in [0.2, 0.25) is 0 Å². The van der Waals surface area contributed by atoms with E-state index in [1.165, 1.54) is 11.8 Å². The average molecular weight is 221 g/mol. The summed E-state index contributed by atoms with van der Waals surface area (Å²) < 4.78 is 0. The third kappa shape index (κ3) is 5.47. The van der Waals surface area contributed by atoms with Crippen LogP contribution in [-0.2, 0) is 4.79 Å². The van der Waals surface area contributed by atoms with Crippen molar-refractivity contribution in [2.45, 2.75) is 19.1 Å². The number of nitrogens with zero attached hydrogens (tertiary/aromatic N) is 1. The molecule has 0 fully saturated rings. The number of aliphatic carboxylic acids is 1. The molecule has 1 unspecified atom stereocenters. The van der Waals surface area contributed by atoms with E-state index < -0.39 is 11.2 Å². The summed E-state index contributed by atoms with van der Waals surface area (Å²) in [5, 5.41) is 16.7. The highest BCUT2D eigenvalue weighted by molar-refractivity contribution is 8.00. The largest absolute Gasteiger partial charge is 0.480 e. The van der Waals surface area contributed by atoms with Gasteiger partial charge in [0.1, 0.15) is 5.25 Å². The average Bonchev–Trinajstić information content (AvgIpc) is 2.18. The van der Waals surface area contributed by atoms with Gasteiger partial charge in [0.05, 0.1) is 6.61 Å². The summed E-state index contributed by atoms with van der Waals surface area (Å²) in [5.74, 6) is -0.184. The highest BCUT2D eigenvalue weighted by Gasteiger charge is 2.16. The lowest BCUT2D eigenvalue weighted by Gasteiger charge is -2.18. The molecule has 1 atom stereocenters. The standard InChI is InChI=1S/C9H19NO3S/c1-3-10(4-2)5-6-14-8(7-11)9(12)13/h8,11H,3-7H2,1-2H3,(H,12,13). The van der Waals surface area contributed by atoms with Gasteiger partial charge in [0.15, 0.2) is 0 Å². The molecule has 0 aliphatic rings. The van der Waals surface area contributed by atoms with Crippen molar-refractivity contribution in [3.8, 4) is 0 Å². The summed E-state index contributed by atoms with van der Waals surface area (Å²) in [6, 6.07) is 0. The van der Waals surface area contributed by atoms with Crippen LogP contribution in [0.1, 0.15) is 13.8 Å². The minimum absolute atomic E-state index is 0.293. The Bertz CT molecular complexity index is 162. The highest BCUT2D eigenvalue weighted by atomic mass is 32.2. The predicted molar refractivity (Wildman–Crippen MR) is 58.8 cm³/mol. The number of hydrogen-bond acceptors (Lipinski definition) is 4. The summed E-state index contributed by atoms with van der Waals surface area (Å²) in [6.45, 7) is 6.70. The summed E-state index contributed by atoms with van der Waals surface area (Å²) in [5.41, 5.74) is 0. The van der Waals surface area contributed by atoms with E-state index in [4.69, 9.17) is 10.2 Å². The van der Waals surface area contributed by atoms with Gasteiger partial charge in [-0.25, -0.2) is 0 Å². The number of carboxylic acids is 1. The zero-order valence-electron chi connectivity index (χ0n) is 8.77. The minimum atomic E-state index is -0.933. The Morgan fingerprint density at radius 3 is 2.36 bits per heavy atom. The molecule has 0 bridgehead atoms. The molecule has 0 aromatic carbocycles. The molecule has 14 heavy (non-hydrogen) atoms. The first-order valence-corrected chi connectivity index (χ1v) is 5.88. The van der Waals surface area contributed by atoms with Crippen molar-refractivity contribution in [1.82, 2.24) is 4.90 Å². The zero-order chi connectivity index (χ0) is 11.0. The van der Waals surface area contributed by atoms with E-state index in [0.29, 0.717) is 0 Å². The van der Waals surface area contributed by atoms with Gasteiger partial charge in [-0.05, 0) is 13.1 Å². The molecule has 2 N–H and O–H groups in total. The van der Waals surface area contributed by atoms with Gasteiger partial charge in [-0.15, -0.1) is 11.8 Å². The van der Waals surface area contributed by atoms with Crippen LogP contribution < -0.4 is 0 Å². The first-order chi connectivity index (χ1) is 6.65. The first-order valence-electron chi connectivity index (χ1n) is 4.83. The van der Waals surface area contributed by atoms with E-state index in [9.17, 15) is 4.79 Å². The van der Waals surface area contributed by atoms with Gasteiger partial charge in [-0.2, -0.15) is 0 Å². The quantitative estimate of drug-likeness (QED) is 0.625. The third-order valence-electron chi connectivity index (χ3n) is 2.06. The zero-order valence-corrected chi connectivity index (χ0v) is 9.59. The smallest absolute Gasteiger partial charge is 0.318 e. The van der Waals surface area contributed by atoms with Crippen LogP contribution in [0.15, 0.2) is 0 Å². The maximum atomic E-state index is 10.6. The second-order valence-corrected chi connectivity index (χ2v) is 4.22. The Hall–Kier alpha value is -0.260. The van der Waals surface area contributed by atoms with Gasteiger partial charge < -0.3 is 15.1 Å². The van der Waals surface area contributed by atoms with E-state index in [0.717, 1.165) is 25.4 Å². The minimum Gasteiger partial charge on any atom is -0.480 e. The molecular weight excluding hydrogens is 202 g/mol. The molecule has 0 rings (SSSR count). The van der Waals surface area contributed by atoms with Crippen LogP contribution in [0.3, 0.4) is 0 Å². The molecule has 0 aromatic heterocycles. The molecule has 4 nitrogen and oxygen atoms in total. The number of thioether (sulfide) groups is 1. The van der Waals surface area contributed by atoms with E-state index in [2.05, 4.69) is 18.7 Å². The SMILES string of the molecule is CCN(CC)CCSC(CO)C(=O)O. The van der Waals surface area contributed by atoms with Crippen molar-refractivity contribution in [3.05, 3.63) is 0 Å². The Morgan fingerprint density at radius 1 is 1.43 bits per heavy atom. The van der Waals surface area contributed by atoms with Gasteiger partial charge in [-0.3, -0.25) is 4.79 Å². The fourth-order valence-corrected chi connectivity index (χ4v) is 1.96. The first kappa shape index (κ1) is 13.7. The fraction of sp³-hybridized carbons (Fsp3) is 0.889. The number of aliphatic hydroxyl groups is 1. The number of hydrogen-bond donors (Lipinski definition) is 2. The van der Waals surface area contributed by atoms with Crippen molar-refractivity contribution in [2.75, 3.05) is 32.0 Å². The normalized spacial score (nSPS) is 13.1. The Labute approximate surface area is 89.3 Å². The third-order valence-corrected chi connectivity index (χ3v) is 3.23. The Morgan fingerprint density at radius 2 is 2.00 bits per heavy atom. The molecule has 84 valence electrons. The molecule has 0 aliphatic heterocycles. The maximum absolute atomic E-state index is 10.6. The Kier molecular flexibility index (Phi) is 7.93. The van der Waals surface area contributed by atoms with Crippen LogP contribution >= 0.6 is 11.8 Å². The second-order valence-electron chi connectivity index (χ2n) is 2.91. The summed E-state index contributed by atoms with van der Waals surface area (Å²) >= 11 is 1.30. The molecule has 0 aromatic rings. The number of carbonyl (C=O) groups is 1. The Balaban J connectivity index is 3.65. The van der Waals surface area contributed by atoms with Crippen LogP contribution in [0.4, 0.5) is 0 Å². The molecule has 0 spiro atoms. The summed E-state index contributed by atoms with van der Waals surface area (Å²) in [6.07, 6.45) is 0. The van der Waals surface area contributed by atoms with E-state index in [1.807, 2.05) is 0 Å². The lowest BCUT2D eigenvalue weighted by atomic mass is 10.5. The van der Waals surface area contributed by atoms with Crippen LogP contribution in [-0.4, -0.2) is 58.3 Å². The molecular formula is C9H19NO3S. The van der Waals surface area contributed by atoms with Gasteiger partial charge in [0, 0.05) is 12.3 Å². The second kappa shape index (κ2) is 8.08. The van der Waals surface area contributed by atoms with Gasteiger partial charge >= 0.3 is 5.97 Å². The molecule has 0 heterocycles. The van der Waals surface area contributed by atoms with Crippen molar-refractivity contribution in [3.63, 3.8) is 0 Å². The lowest BCUT2D eigenvalue weighted by Crippen LogP contribution is -2.28. The topological polar surface area (TPSA) is 60.8 Å². The number of rotatable bonds is 8. The fourth-order valence-electron chi connectivity index (χ4n) is 1.07. The van der Waals surface area contributed by atoms with E-state index in [-0.39, 0.29) is 6.61 Å². The monoisotopic (exact) mass is 221 g/mol. The maximum Gasteiger partial charge on any atom is 0.318 e. The molecule has 0 aliphatic carbocycles. The van der Waals surface area contributed by atoms with Crippen LogP contribution in [0.2, 0.25) is 0 Å². The summed E-state index contributed by atoms with van der Waals surface area (Å²) in [7, 11) is 0. The highest BCUT2D eigenvalue weighted by Crippen LogP contribution is 2.10. The summed E-state index contributed by atoms with van der Waals surface area (Å²) in [4.78, 5) is 12.8. The van der Waals surface area contributed by atoms with E-state index >= 15 is 0 Å². The predicted octanol–water partition coefficient (Wildman–Crippen LogP) is 0.507. The van der Waals surface area contributed by atoms with Crippen LogP contribution in [0, 0.1) is 0 Å². The van der Waals surface area contributed by atoms with Crippen molar-refractivity contribution >= 4 is 17.7 Å². The molecule has 5 heteroatoms. The van der Waals surface area contributed by atoms with Crippen LogP contribution in [0.25, 0.3) is 0 Å². The molecule has 0 amide bonds. The lowest BCUT2D eigenvalue weighted by molar-refractivity contribution is -0.137. The van der Waals surface area contributed by atoms with Gasteiger partial charge in [-0.1, -0.05) is 13.8 Å². The molecule has 0 saturated carbocycles. The van der Waals surface area contributed by atoms with Crippen molar-refractivity contribution in [1.29, 1.82) is 0 Å². The van der Waals surface area contributed by atoms with E-state index in [1.54, 1.807) is 0 Å². The number of carboxylic acid groups (broad SMARTS) is 1. The number of aliphatic hydroxyl groups excluding tert-OH is 1. The van der Waals surface area contributed by atoms with Crippen molar-refractivity contribution < 1.29 is 15.0 Å². The molecule has 0 saturated heterocycles. The van der Waals surface area contributed by atoms with Crippen LogP contribution in [0.5, 0.6) is 0 Å². The van der Waals surface area contributed by atoms with Crippen molar-refractivity contribution in [2.24, 2.45) is 0 Å².